The van der Waals surface area contributed by atoms with Gasteiger partial charge in [-0.1, -0.05) is 29.8 Å². The molecule has 4 heteroatoms. The van der Waals surface area contributed by atoms with Crippen LogP contribution < -0.4 is 0 Å². The number of hydrogen-bond acceptors (Lipinski definition) is 2. The molecule has 0 heterocycles. The molecule has 0 aliphatic rings. The summed E-state index contributed by atoms with van der Waals surface area (Å²) < 4.78 is 4.80. The molecular weight excluding hydrogens is 214 g/mol. The molecule has 0 aliphatic carbocycles. The van der Waals surface area contributed by atoms with Crippen molar-refractivity contribution >= 4 is 23.3 Å². The van der Waals surface area contributed by atoms with Gasteiger partial charge in [0.2, 0.25) is 5.69 Å². The summed E-state index contributed by atoms with van der Waals surface area (Å²) in [5.41, 5.74) is 1.15. The lowest BCUT2D eigenvalue weighted by Gasteiger charge is -2.03. The van der Waals surface area contributed by atoms with E-state index in [1.807, 2.05) is 0 Å². The number of carbonyl (C=O) groups excluding carboxylic acids is 1. The molecule has 0 saturated carbocycles. The first-order valence-electron chi connectivity index (χ1n) is 4.49. The number of benzene rings is 1. The van der Waals surface area contributed by atoms with Crippen LogP contribution in [0, 0.1) is 6.57 Å². The van der Waals surface area contributed by atoms with Gasteiger partial charge < -0.3 is 4.74 Å². The van der Waals surface area contributed by atoms with Gasteiger partial charge in [-0.15, -0.1) is 0 Å². The Morgan fingerprint density at radius 3 is 2.87 bits per heavy atom. The Morgan fingerprint density at radius 1 is 1.60 bits per heavy atom. The molecule has 0 fully saturated rings. The smallest absolute Gasteiger partial charge is 0.310 e. The van der Waals surface area contributed by atoms with Crippen LogP contribution in [-0.2, 0) is 16.0 Å². The topological polar surface area (TPSA) is 30.7 Å². The summed E-state index contributed by atoms with van der Waals surface area (Å²) in [6, 6.07) is 4.92. The molecule has 0 radical (unpaired) electrons. The van der Waals surface area contributed by atoms with Crippen molar-refractivity contribution in [2.24, 2.45) is 0 Å². The van der Waals surface area contributed by atoms with Gasteiger partial charge in [0.15, 0.2) is 0 Å². The molecule has 1 aromatic rings. The van der Waals surface area contributed by atoms with E-state index in [1.165, 1.54) is 0 Å². The molecular formula is C11H10ClNO2. The lowest BCUT2D eigenvalue weighted by atomic mass is 10.1. The van der Waals surface area contributed by atoms with Gasteiger partial charge in [0.25, 0.3) is 0 Å². The number of hydrogen-bond donors (Lipinski definition) is 0. The Morgan fingerprint density at radius 2 is 2.33 bits per heavy atom. The van der Waals surface area contributed by atoms with Crippen LogP contribution in [0.5, 0.6) is 0 Å². The van der Waals surface area contributed by atoms with Crippen molar-refractivity contribution in [3.05, 3.63) is 40.2 Å². The van der Waals surface area contributed by atoms with Gasteiger partial charge in [0.05, 0.1) is 19.6 Å². The summed E-state index contributed by atoms with van der Waals surface area (Å²) in [5.74, 6) is -0.288. The van der Waals surface area contributed by atoms with E-state index >= 15 is 0 Å². The van der Waals surface area contributed by atoms with Gasteiger partial charge in [-0.3, -0.25) is 4.79 Å². The van der Waals surface area contributed by atoms with E-state index in [4.69, 9.17) is 22.9 Å². The third-order valence-electron chi connectivity index (χ3n) is 1.79. The van der Waals surface area contributed by atoms with Crippen molar-refractivity contribution in [1.82, 2.24) is 0 Å². The quantitative estimate of drug-likeness (QED) is 0.583. The summed E-state index contributed by atoms with van der Waals surface area (Å²) in [4.78, 5) is 14.4. The zero-order valence-electron chi connectivity index (χ0n) is 8.29. The van der Waals surface area contributed by atoms with Crippen molar-refractivity contribution in [3.8, 4) is 0 Å². The summed E-state index contributed by atoms with van der Waals surface area (Å²) in [6.07, 6.45) is 0.186. The summed E-state index contributed by atoms with van der Waals surface area (Å²) in [7, 11) is 0. The molecule has 78 valence electrons. The predicted molar refractivity (Wildman–Crippen MR) is 58.1 cm³/mol. The van der Waals surface area contributed by atoms with E-state index in [0.717, 1.165) is 5.56 Å². The molecule has 15 heavy (non-hydrogen) atoms. The van der Waals surface area contributed by atoms with Crippen LogP contribution in [0.1, 0.15) is 12.5 Å². The Hall–Kier alpha value is -1.53. The highest BCUT2D eigenvalue weighted by atomic mass is 35.5. The molecule has 0 atom stereocenters. The van der Waals surface area contributed by atoms with E-state index in [9.17, 15) is 4.79 Å². The van der Waals surface area contributed by atoms with E-state index in [-0.39, 0.29) is 12.4 Å². The van der Waals surface area contributed by atoms with Gasteiger partial charge in [-0.2, -0.15) is 0 Å². The molecule has 1 aromatic carbocycles. The molecule has 0 aromatic heterocycles. The second-order valence-electron chi connectivity index (χ2n) is 2.88. The average molecular weight is 224 g/mol. The van der Waals surface area contributed by atoms with E-state index in [1.54, 1.807) is 25.1 Å². The van der Waals surface area contributed by atoms with Crippen molar-refractivity contribution < 1.29 is 9.53 Å². The van der Waals surface area contributed by atoms with Crippen LogP contribution in [0.3, 0.4) is 0 Å². The highest BCUT2D eigenvalue weighted by Crippen LogP contribution is 2.25. The number of halogens is 1. The largest absolute Gasteiger partial charge is 0.466 e. The highest BCUT2D eigenvalue weighted by molar-refractivity contribution is 6.33. The monoisotopic (exact) mass is 223 g/mol. The maximum Gasteiger partial charge on any atom is 0.310 e. The fraction of sp³-hybridized carbons (Fsp3) is 0.273. The van der Waals surface area contributed by atoms with Crippen LogP contribution in [0.15, 0.2) is 18.2 Å². The van der Waals surface area contributed by atoms with E-state index < -0.39 is 0 Å². The lowest BCUT2D eigenvalue weighted by molar-refractivity contribution is -0.142. The second-order valence-corrected chi connectivity index (χ2v) is 3.29. The van der Waals surface area contributed by atoms with Gasteiger partial charge in [0.1, 0.15) is 0 Å². The van der Waals surface area contributed by atoms with Crippen LogP contribution in [0.4, 0.5) is 5.69 Å². The third kappa shape index (κ3) is 3.26. The zero-order chi connectivity index (χ0) is 11.3. The Bertz CT molecular complexity index is 410. The predicted octanol–water partition coefficient (Wildman–Crippen LogP) is 3.00. The lowest BCUT2D eigenvalue weighted by Crippen LogP contribution is -2.07. The molecule has 0 saturated heterocycles. The standard InChI is InChI=1S/C11H10ClNO2/c1-3-15-11(14)7-8-4-5-10(13-2)9(12)6-8/h4-6H,3,7H2,1H3. The van der Waals surface area contributed by atoms with E-state index in [2.05, 4.69) is 4.85 Å². The summed E-state index contributed by atoms with van der Waals surface area (Å²) >= 11 is 5.82. The molecule has 0 spiro atoms. The number of ether oxygens (including phenoxy) is 1. The van der Waals surface area contributed by atoms with Crippen LogP contribution in [-0.4, -0.2) is 12.6 Å². The molecule has 0 bridgehead atoms. The molecule has 0 unspecified atom stereocenters. The first-order valence-corrected chi connectivity index (χ1v) is 4.86. The first-order chi connectivity index (χ1) is 7.17. The zero-order valence-corrected chi connectivity index (χ0v) is 9.04. The molecule has 3 nitrogen and oxygen atoms in total. The third-order valence-corrected chi connectivity index (χ3v) is 2.09. The van der Waals surface area contributed by atoms with Gasteiger partial charge in [-0.25, -0.2) is 4.85 Å². The van der Waals surface area contributed by atoms with Crippen LogP contribution >= 0.6 is 11.6 Å². The maximum absolute atomic E-state index is 11.2. The molecule has 0 aliphatic heterocycles. The van der Waals surface area contributed by atoms with Crippen LogP contribution in [0.2, 0.25) is 5.02 Å². The van der Waals surface area contributed by atoms with Crippen molar-refractivity contribution in [3.63, 3.8) is 0 Å². The minimum atomic E-state index is -0.288. The second kappa shape index (κ2) is 5.38. The van der Waals surface area contributed by atoms with Crippen molar-refractivity contribution in [1.29, 1.82) is 0 Å². The first kappa shape index (κ1) is 11.5. The fourth-order valence-corrected chi connectivity index (χ4v) is 1.38. The minimum absolute atomic E-state index is 0.186. The normalized spacial score (nSPS) is 9.40. The molecule has 1 rings (SSSR count). The number of carbonyl (C=O) groups is 1. The number of nitrogens with zero attached hydrogens (tertiary/aromatic N) is 1. The minimum Gasteiger partial charge on any atom is -0.466 e. The van der Waals surface area contributed by atoms with Crippen molar-refractivity contribution in [2.75, 3.05) is 6.61 Å². The molecule has 0 N–H and O–H groups in total. The highest BCUT2D eigenvalue weighted by Gasteiger charge is 2.06. The Labute approximate surface area is 93.4 Å². The van der Waals surface area contributed by atoms with E-state index in [0.29, 0.717) is 17.3 Å². The van der Waals surface area contributed by atoms with Gasteiger partial charge in [0, 0.05) is 5.02 Å². The van der Waals surface area contributed by atoms with Gasteiger partial charge >= 0.3 is 5.97 Å². The molecule has 0 amide bonds. The fourth-order valence-electron chi connectivity index (χ4n) is 1.13. The Kier molecular flexibility index (Phi) is 4.14. The SMILES string of the molecule is [C-]#[N+]c1ccc(CC(=O)OCC)cc1Cl. The van der Waals surface area contributed by atoms with Crippen molar-refractivity contribution in [2.45, 2.75) is 13.3 Å². The van der Waals surface area contributed by atoms with Crippen LogP contribution in [0.25, 0.3) is 4.85 Å². The average Bonchev–Trinajstić information content (AvgIpc) is 2.18. The Balaban J connectivity index is 2.76. The summed E-state index contributed by atoms with van der Waals surface area (Å²) in [5, 5.41) is 0.367. The maximum atomic E-state index is 11.2. The number of rotatable bonds is 3. The number of esters is 1. The summed E-state index contributed by atoms with van der Waals surface area (Å²) in [6.45, 7) is 8.94. The van der Waals surface area contributed by atoms with Gasteiger partial charge in [-0.05, 0) is 12.5 Å².